The average molecular weight is 362 g/mol. The zero-order valence-corrected chi connectivity index (χ0v) is 15.9. The lowest BCUT2D eigenvalue weighted by atomic mass is 9.80. The van der Waals surface area contributed by atoms with Gasteiger partial charge in [-0.25, -0.2) is 0 Å². The second kappa shape index (κ2) is 9.06. The number of hydrogen-bond donors (Lipinski definition) is 2. The minimum Gasteiger partial charge on any atom is -0.353 e. The minimum atomic E-state index is -0.472. The third-order valence-electron chi connectivity index (χ3n) is 5.69. The van der Waals surface area contributed by atoms with Gasteiger partial charge in [-0.3, -0.25) is 9.69 Å². The van der Waals surface area contributed by atoms with Crippen molar-refractivity contribution in [3.8, 4) is 0 Å². The summed E-state index contributed by atoms with van der Waals surface area (Å²) in [4.78, 5) is 15.2. The highest BCUT2D eigenvalue weighted by atomic mass is 32.2. The van der Waals surface area contributed by atoms with Crippen LogP contribution >= 0.6 is 11.8 Å². The van der Waals surface area contributed by atoms with Crippen LogP contribution in [0.3, 0.4) is 0 Å². The molecule has 1 saturated heterocycles. The van der Waals surface area contributed by atoms with Crippen molar-refractivity contribution in [2.24, 2.45) is 5.73 Å². The van der Waals surface area contributed by atoms with Crippen LogP contribution in [0.5, 0.6) is 0 Å². The predicted octanol–water partition coefficient (Wildman–Crippen LogP) is 2.42. The van der Waals surface area contributed by atoms with E-state index < -0.39 is 6.04 Å². The molecule has 0 radical (unpaired) electrons. The van der Waals surface area contributed by atoms with Crippen LogP contribution in [0.1, 0.15) is 37.7 Å². The first-order valence-electron chi connectivity index (χ1n) is 9.60. The SMILES string of the molecule is NC(Cc1ccccc1)C(=O)NCC1(N2CCSCC2)CCCCC1. The number of benzene rings is 1. The van der Waals surface area contributed by atoms with Crippen molar-refractivity contribution in [2.75, 3.05) is 31.1 Å². The summed E-state index contributed by atoms with van der Waals surface area (Å²) in [6.45, 7) is 3.05. The first-order chi connectivity index (χ1) is 12.2. The molecular weight excluding hydrogens is 330 g/mol. The summed E-state index contributed by atoms with van der Waals surface area (Å²) in [6, 6.07) is 9.55. The summed E-state index contributed by atoms with van der Waals surface area (Å²) in [5.74, 6) is 2.41. The monoisotopic (exact) mass is 361 g/mol. The zero-order chi connectivity index (χ0) is 17.5. The molecule has 25 heavy (non-hydrogen) atoms. The molecule has 4 nitrogen and oxygen atoms in total. The molecule has 1 amide bonds. The first kappa shape index (κ1) is 18.7. The second-order valence-electron chi connectivity index (χ2n) is 7.40. The lowest BCUT2D eigenvalue weighted by Crippen LogP contribution is -2.60. The van der Waals surface area contributed by atoms with Gasteiger partial charge >= 0.3 is 0 Å². The molecule has 2 fully saturated rings. The van der Waals surface area contributed by atoms with Crippen LogP contribution in [0.2, 0.25) is 0 Å². The Hall–Kier alpha value is -1.04. The maximum atomic E-state index is 12.6. The molecule has 3 N–H and O–H groups in total. The number of thioether (sulfide) groups is 1. The molecule has 1 aliphatic carbocycles. The van der Waals surface area contributed by atoms with Crippen LogP contribution in [-0.4, -0.2) is 53.5 Å². The van der Waals surface area contributed by atoms with Crippen LogP contribution in [0.25, 0.3) is 0 Å². The van der Waals surface area contributed by atoms with E-state index in [1.807, 2.05) is 42.1 Å². The minimum absolute atomic E-state index is 0.0137. The van der Waals surface area contributed by atoms with Gasteiger partial charge in [-0.05, 0) is 24.8 Å². The fraction of sp³-hybridized carbons (Fsp3) is 0.650. The summed E-state index contributed by atoms with van der Waals surface area (Å²) in [5, 5.41) is 3.20. The van der Waals surface area contributed by atoms with Crippen molar-refractivity contribution in [1.82, 2.24) is 10.2 Å². The fourth-order valence-electron chi connectivity index (χ4n) is 4.20. The van der Waals surface area contributed by atoms with Gasteiger partial charge in [-0.1, -0.05) is 49.6 Å². The molecule has 1 aliphatic heterocycles. The molecular formula is C20H31N3OS. The maximum absolute atomic E-state index is 12.6. The number of rotatable bonds is 6. The number of carbonyl (C=O) groups is 1. The van der Waals surface area contributed by atoms with E-state index in [0.717, 1.165) is 25.2 Å². The van der Waals surface area contributed by atoms with Crippen LogP contribution in [0.15, 0.2) is 30.3 Å². The third-order valence-corrected chi connectivity index (χ3v) is 6.64. The predicted molar refractivity (Wildman–Crippen MR) is 106 cm³/mol. The largest absolute Gasteiger partial charge is 0.353 e. The Kier molecular flexibility index (Phi) is 6.79. The van der Waals surface area contributed by atoms with E-state index in [-0.39, 0.29) is 11.4 Å². The molecule has 1 unspecified atom stereocenters. The van der Waals surface area contributed by atoms with Gasteiger partial charge in [0.25, 0.3) is 0 Å². The van der Waals surface area contributed by atoms with Crippen molar-refractivity contribution in [1.29, 1.82) is 0 Å². The number of amides is 1. The van der Waals surface area contributed by atoms with Gasteiger partial charge in [-0.15, -0.1) is 0 Å². The smallest absolute Gasteiger partial charge is 0.237 e. The van der Waals surface area contributed by atoms with E-state index in [0.29, 0.717) is 6.42 Å². The highest BCUT2D eigenvalue weighted by Crippen LogP contribution is 2.34. The number of nitrogens with zero attached hydrogens (tertiary/aromatic N) is 1. The van der Waals surface area contributed by atoms with E-state index in [4.69, 9.17) is 5.73 Å². The Bertz CT molecular complexity index is 539. The zero-order valence-electron chi connectivity index (χ0n) is 15.1. The van der Waals surface area contributed by atoms with Crippen LogP contribution < -0.4 is 11.1 Å². The molecule has 1 saturated carbocycles. The molecule has 0 bridgehead atoms. The van der Waals surface area contributed by atoms with Crippen molar-refractivity contribution >= 4 is 17.7 Å². The topological polar surface area (TPSA) is 58.4 Å². The van der Waals surface area contributed by atoms with E-state index in [1.165, 1.54) is 43.6 Å². The van der Waals surface area contributed by atoms with Crippen molar-refractivity contribution in [2.45, 2.75) is 50.1 Å². The standard InChI is InChI=1S/C20H31N3OS/c21-18(15-17-7-3-1-4-8-17)19(24)22-16-20(9-5-2-6-10-20)23-11-13-25-14-12-23/h1,3-4,7-8,18H,2,5-6,9-16,21H2,(H,22,24). The molecule has 1 heterocycles. The number of nitrogens with two attached hydrogens (primary N) is 1. The number of carbonyl (C=O) groups excluding carboxylic acids is 1. The Morgan fingerprint density at radius 2 is 1.84 bits per heavy atom. The molecule has 138 valence electrons. The van der Waals surface area contributed by atoms with Crippen molar-refractivity contribution in [3.05, 3.63) is 35.9 Å². The third kappa shape index (κ3) is 4.99. The molecule has 1 aromatic rings. The van der Waals surface area contributed by atoms with E-state index in [9.17, 15) is 4.79 Å². The molecule has 0 spiro atoms. The normalized spacial score (nSPS) is 22.3. The summed E-state index contributed by atoms with van der Waals surface area (Å²) >= 11 is 2.04. The Labute approximate surface area is 155 Å². The molecule has 1 atom stereocenters. The lowest BCUT2D eigenvalue weighted by molar-refractivity contribution is -0.123. The quantitative estimate of drug-likeness (QED) is 0.817. The van der Waals surface area contributed by atoms with Gasteiger partial charge in [0.1, 0.15) is 0 Å². The molecule has 0 aromatic heterocycles. The van der Waals surface area contributed by atoms with E-state index >= 15 is 0 Å². The summed E-state index contributed by atoms with van der Waals surface area (Å²) in [6.07, 6.45) is 6.87. The first-order valence-corrected chi connectivity index (χ1v) is 10.8. The van der Waals surface area contributed by atoms with Gasteiger partial charge in [0.2, 0.25) is 5.91 Å². The van der Waals surface area contributed by atoms with Gasteiger partial charge in [0.15, 0.2) is 0 Å². The van der Waals surface area contributed by atoms with E-state index in [2.05, 4.69) is 10.2 Å². The van der Waals surface area contributed by atoms with Crippen LogP contribution in [0.4, 0.5) is 0 Å². The Balaban J connectivity index is 1.57. The van der Waals surface area contributed by atoms with Gasteiger partial charge in [0.05, 0.1) is 6.04 Å². The summed E-state index contributed by atoms with van der Waals surface area (Å²) in [5.41, 5.74) is 7.43. The van der Waals surface area contributed by atoms with Gasteiger partial charge < -0.3 is 11.1 Å². The maximum Gasteiger partial charge on any atom is 0.237 e. The van der Waals surface area contributed by atoms with Gasteiger partial charge in [-0.2, -0.15) is 11.8 Å². The lowest BCUT2D eigenvalue weighted by Gasteiger charge is -2.48. The second-order valence-corrected chi connectivity index (χ2v) is 8.62. The van der Waals surface area contributed by atoms with Crippen LogP contribution in [0, 0.1) is 0 Å². The van der Waals surface area contributed by atoms with E-state index in [1.54, 1.807) is 0 Å². The molecule has 1 aromatic carbocycles. The highest BCUT2D eigenvalue weighted by molar-refractivity contribution is 7.99. The van der Waals surface area contributed by atoms with Crippen molar-refractivity contribution < 1.29 is 4.79 Å². The average Bonchev–Trinajstić information content (AvgIpc) is 2.68. The Morgan fingerprint density at radius 1 is 1.16 bits per heavy atom. The fourth-order valence-corrected chi connectivity index (χ4v) is 5.10. The highest BCUT2D eigenvalue weighted by Gasteiger charge is 2.38. The Morgan fingerprint density at radius 3 is 2.52 bits per heavy atom. The number of hydrogen-bond acceptors (Lipinski definition) is 4. The molecule has 5 heteroatoms. The molecule has 2 aliphatic rings. The molecule has 3 rings (SSSR count). The van der Waals surface area contributed by atoms with Crippen molar-refractivity contribution in [3.63, 3.8) is 0 Å². The number of nitrogens with one attached hydrogen (secondary N) is 1. The van der Waals surface area contributed by atoms with Gasteiger partial charge in [0, 0.05) is 36.7 Å². The van der Waals surface area contributed by atoms with Crippen LogP contribution in [-0.2, 0) is 11.2 Å². The summed E-state index contributed by atoms with van der Waals surface area (Å²) < 4.78 is 0. The summed E-state index contributed by atoms with van der Waals surface area (Å²) in [7, 11) is 0.